The van der Waals surface area contributed by atoms with Gasteiger partial charge in [-0.1, -0.05) is 54.6 Å². The number of hydrogen-bond acceptors (Lipinski definition) is 5. The first-order chi connectivity index (χ1) is 18.5. The van der Waals surface area contributed by atoms with Crippen molar-refractivity contribution in [2.45, 2.75) is 20.5 Å². The van der Waals surface area contributed by atoms with Crippen molar-refractivity contribution in [2.75, 3.05) is 11.9 Å². The lowest BCUT2D eigenvalue weighted by atomic mass is 10.1. The SMILES string of the molecule is CCOc1cc(C=NNC(=O)C(C)C(=O)Nc2ccccc2F)ccc1OCc1cccc2ccccc12. The van der Waals surface area contributed by atoms with Crippen molar-refractivity contribution in [2.24, 2.45) is 11.0 Å². The van der Waals surface area contributed by atoms with Gasteiger partial charge in [0.1, 0.15) is 18.3 Å². The van der Waals surface area contributed by atoms with Crippen LogP contribution < -0.4 is 20.2 Å². The van der Waals surface area contributed by atoms with Crippen molar-refractivity contribution in [1.82, 2.24) is 5.43 Å². The average Bonchev–Trinajstić information content (AvgIpc) is 2.93. The molecular weight excluding hydrogens is 485 g/mol. The summed E-state index contributed by atoms with van der Waals surface area (Å²) in [5.74, 6) is -1.82. The maximum absolute atomic E-state index is 13.8. The zero-order chi connectivity index (χ0) is 26.9. The lowest BCUT2D eigenvalue weighted by molar-refractivity contribution is -0.131. The number of anilines is 1. The van der Waals surface area contributed by atoms with Gasteiger partial charge in [0.25, 0.3) is 5.91 Å². The Bertz CT molecular complexity index is 1470. The van der Waals surface area contributed by atoms with Crippen molar-refractivity contribution in [3.05, 3.63) is 102 Å². The smallest absolute Gasteiger partial charge is 0.252 e. The summed E-state index contributed by atoms with van der Waals surface area (Å²) in [7, 11) is 0. The summed E-state index contributed by atoms with van der Waals surface area (Å²) in [5, 5.41) is 8.63. The van der Waals surface area contributed by atoms with Gasteiger partial charge >= 0.3 is 0 Å². The van der Waals surface area contributed by atoms with E-state index in [9.17, 15) is 14.0 Å². The van der Waals surface area contributed by atoms with E-state index in [1.165, 1.54) is 31.3 Å². The summed E-state index contributed by atoms with van der Waals surface area (Å²) >= 11 is 0. The van der Waals surface area contributed by atoms with Crippen LogP contribution in [0.1, 0.15) is 25.0 Å². The van der Waals surface area contributed by atoms with E-state index in [1.54, 1.807) is 24.3 Å². The van der Waals surface area contributed by atoms with E-state index in [-0.39, 0.29) is 5.69 Å². The summed E-state index contributed by atoms with van der Waals surface area (Å²) in [6.07, 6.45) is 1.44. The van der Waals surface area contributed by atoms with Gasteiger partial charge < -0.3 is 14.8 Å². The van der Waals surface area contributed by atoms with E-state index >= 15 is 0 Å². The Morgan fingerprint density at radius 2 is 1.68 bits per heavy atom. The molecule has 0 saturated carbocycles. The van der Waals surface area contributed by atoms with Crippen molar-refractivity contribution in [3.63, 3.8) is 0 Å². The van der Waals surface area contributed by atoms with Gasteiger partial charge in [0.15, 0.2) is 11.5 Å². The molecule has 0 saturated heterocycles. The summed E-state index contributed by atoms with van der Waals surface area (Å²) in [6, 6.07) is 25.3. The van der Waals surface area contributed by atoms with Gasteiger partial charge in [-0.25, -0.2) is 9.82 Å². The third-order valence-electron chi connectivity index (χ3n) is 5.84. The van der Waals surface area contributed by atoms with Crippen LogP contribution in [0.2, 0.25) is 0 Å². The first-order valence-electron chi connectivity index (χ1n) is 12.2. The molecule has 4 rings (SSSR count). The Hall–Kier alpha value is -4.72. The maximum atomic E-state index is 13.8. The van der Waals surface area contributed by atoms with Crippen LogP contribution in [-0.2, 0) is 16.2 Å². The molecule has 2 amide bonds. The number of nitrogens with one attached hydrogen (secondary N) is 2. The molecular formula is C30H28FN3O4. The standard InChI is InChI=1S/C30H28FN3O4/c1-3-37-28-17-21(15-16-27(28)38-19-23-11-8-10-22-9-4-5-12-24(22)23)18-32-34-30(36)20(2)29(35)33-26-14-7-6-13-25(26)31/h4-18,20H,3,19H2,1-2H3,(H,33,35)(H,34,36). The first kappa shape index (κ1) is 26.3. The number of hydrogen-bond donors (Lipinski definition) is 2. The van der Waals surface area contributed by atoms with Gasteiger partial charge in [-0.2, -0.15) is 5.10 Å². The van der Waals surface area contributed by atoms with Crippen LogP contribution in [-0.4, -0.2) is 24.6 Å². The molecule has 0 radical (unpaired) electrons. The molecule has 0 bridgehead atoms. The molecule has 0 fully saturated rings. The summed E-state index contributed by atoms with van der Waals surface area (Å²) in [6.45, 7) is 4.11. The molecule has 194 valence electrons. The highest BCUT2D eigenvalue weighted by atomic mass is 19.1. The lowest BCUT2D eigenvalue weighted by Crippen LogP contribution is -2.34. The molecule has 4 aromatic carbocycles. The predicted octanol–water partition coefficient (Wildman–Crippen LogP) is 5.68. The van der Waals surface area contributed by atoms with Gasteiger partial charge in [0.05, 0.1) is 18.5 Å². The molecule has 0 heterocycles. The van der Waals surface area contributed by atoms with Gasteiger partial charge in [-0.15, -0.1) is 0 Å². The maximum Gasteiger partial charge on any atom is 0.252 e. The second-order valence-electron chi connectivity index (χ2n) is 8.49. The molecule has 8 heteroatoms. The fraction of sp³-hybridized carbons (Fsp3) is 0.167. The quantitative estimate of drug-likeness (QED) is 0.162. The summed E-state index contributed by atoms with van der Waals surface area (Å²) < 4.78 is 25.6. The zero-order valence-corrected chi connectivity index (χ0v) is 21.1. The number of fused-ring (bicyclic) bond motifs is 1. The number of benzene rings is 4. The topological polar surface area (TPSA) is 89.0 Å². The van der Waals surface area contributed by atoms with Crippen LogP contribution in [0.15, 0.2) is 90.0 Å². The van der Waals surface area contributed by atoms with Crippen LogP contribution in [0.4, 0.5) is 10.1 Å². The molecule has 0 aliphatic carbocycles. The highest BCUT2D eigenvalue weighted by molar-refractivity contribution is 6.06. The number of hydrazone groups is 1. The van der Waals surface area contributed by atoms with E-state index in [4.69, 9.17) is 9.47 Å². The highest BCUT2D eigenvalue weighted by Crippen LogP contribution is 2.30. The van der Waals surface area contributed by atoms with Crippen molar-refractivity contribution >= 4 is 34.5 Å². The van der Waals surface area contributed by atoms with E-state index in [1.807, 2.05) is 31.2 Å². The van der Waals surface area contributed by atoms with E-state index in [0.717, 1.165) is 16.3 Å². The highest BCUT2D eigenvalue weighted by Gasteiger charge is 2.22. The Morgan fingerprint density at radius 3 is 2.50 bits per heavy atom. The van der Waals surface area contributed by atoms with Crippen LogP contribution in [0.5, 0.6) is 11.5 Å². The lowest BCUT2D eigenvalue weighted by Gasteiger charge is -2.14. The molecule has 0 aromatic heterocycles. The third-order valence-corrected chi connectivity index (χ3v) is 5.84. The van der Waals surface area contributed by atoms with Crippen LogP contribution in [0, 0.1) is 11.7 Å². The number of halogens is 1. The fourth-order valence-corrected chi connectivity index (χ4v) is 3.76. The summed E-state index contributed by atoms with van der Waals surface area (Å²) in [5.41, 5.74) is 4.08. The van der Waals surface area contributed by atoms with Crippen molar-refractivity contribution in [1.29, 1.82) is 0 Å². The molecule has 0 spiro atoms. The minimum Gasteiger partial charge on any atom is -0.490 e. The Morgan fingerprint density at radius 1 is 0.921 bits per heavy atom. The van der Waals surface area contributed by atoms with Gasteiger partial charge in [-0.3, -0.25) is 9.59 Å². The molecule has 1 unspecified atom stereocenters. The molecule has 0 aliphatic rings. The number of ether oxygens (including phenoxy) is 2. The number of para-hydroxylation sites is 1. The van der Waals surface area contributed by atoms with Crippen molar-refractivity contribution in [3.8, 4) is 11.5 Å². The predicted molar refractivity (Wildman–Crippen MR) is 146 cm³/mol. The Labute approximate surface area is 220 Å². The molecule has 1 atom stereocenters. The molecule has 0 aliphatic heterocycles. The van der Waals surface area contributed by atoms with Crippen molar-refractivity contribution < 1.29 is 23.5 Å². The fourth-order valence-electron chi connectivity index (χ4n) is 3.76. The van der Waals surface area contributed by atoms with Gasteiger partial charge in [0, 0.05) is 0 Å². The molecule has 4 aromatic rings. The van der Waals surface area contributed by atoms with Gasteiger partial charge in [-0.05, 0) is 66.1 Å². The number of rotatable bonds is 10. The Kier molecular flexibility index (Phi) is 8.66. The minimum atomic E-state index is -1.09. The molecule has 7 nitrogen and oxygen atoms in total. The second-order valence-corrected chi connectivity index (χ2v) is 8.49. The zero-order valence-electron chi connectivity index (χ0n) is 21.1. The number of carbonyl (C=O) groups is 2. The number of carbonyl (C=O) groups excluding carboxylic acids is 2. The van der Waals surface area contributed by atoms with Crippen LogP contribution in [0.3, 0.4) is 0 Å². The van der Waals surface area contributed by atoms with E-state index < -0.39 is 23.5 Å². The van der Waals surface area contributed by atoms with Crippen LogP contribution in [0.25, 0.3) is 10.8 Å². The third kappa shape index (κ3) is 6.53. The van der Waals surface area contributed by atoms with Gasteiger partial charge in [0.2, 0.25) is 5.91 Å². The Balaban J connectivity index is 1.38. The van der Waals surface area contributed by atoms with E-state index in [0.29, 0.717) is 30.3 Å². The first-order valence-corrected chi connectivity index (χ1v) is 12.2. The second kappa shape index (κ2) is 12.5. The van der Waals surface area contributed by atoms with Crippen LogP contribution >= 0.6 is 0 Å². The largest absolute Gasteiger partial charge is 0.490 e. The number of amides is 2. The average molecular weight is 514 g/mol. The monoisotopic (exact) mass is 513 g/mol. The molecule has 38 heavy (non-hydrogen) atoms. The number of nitrogens with zero attached hydrogens (tertiary/aromatic N) is 1. The molecule has 2 N–H and O–H groups in total. The summed E-state index contributed by atoms with van der Waals surface area (Å²) in [4.78, 5) is 24.7. The van der Waals surface area contributed by atoms with E-state index in [2.05, 4.69) is 34.0 Å². The normalized spacial score (nSPS) is 11.8. The minimum absolute atomic E-state index is 0.00636.